The molecule has 1 heterocycles. The molecular formula is C19H18Cl3FN2O. The van der Waals surface area contributed by atoms with E-state index in [2.05, 4.69) is 10.2 Å². The van der Waals surface area contributed by atoms with E-state index in [-0.39, 0.29) is 17.6 Å². The van der Waals surface area contributed by atoms with Crippen molar-refractivity contribution in [2.24, 2.45) is 5.92 Å². The molecule has 0 bridgehead atoms. The Morgan fingerprint density at radius 3 is 2.77 bits per heavy atom. The maximum absolute atomic E-state index is 14.0. The average molecular weight is 416 g/mol. The second-order valence-electron chi connectivity index (χ2n) is 6.39. The summed E-state index contributed by atoms with van der Waals surface area (Å²) in [5.74, 6) is -0.641. The highest BCUT2D eigenvalue weighted by Gasteiger charge is 2.27. The van der Waals surface area contributed by atoms with E-state index in [1.54, 1.807) is 30.3 Å². The first-order valence-electron chi connectivity index (χ1n) is 8.35. The highest BCUT2D eigenvalue weighted by Crippen LogP contribution is 2.28. The number of carbonyl (C=O) groups excluding carboxylic acids is 1. The third kappa shape index (κ3) is 4.68. The van der Waals surface area contributed by atoms with Crippen molar-refractivity contribution in [2.75, 3.05) is 18.4 Å². The van der Waals surface area contributed by atoms with Crippen molar-refractivity contribution < 1.29 is 9.18 Å². The minimum Gasteiger partial charge on any atom is -0.324 e. The molecule has 0 aromatic heterocycles. The molecule has 1 aliphatic heterocycles. The predicted octanol–water partition coefficient (Wildman–Crippen LogP) is 5.64. The number of nitrogens with one attached hydrogen (secondary N) is 1. The number of amides is 1. The molecule has 1 saturated heterocycles. The van der Waals surface area contributed by atoms with Gasteiger partial charge in [0, 0.05) is 28.7 Å². The van der Waals surface area contributed by atoms with Crippen LogP contribution < -0.4 is 5.32 Å². The van der Waals surface area contributed by atoms with E-state index in [0.717, 1.165) is 19.4 Å². The SMILES string of the molecule is O=C(Nc1cc(Cl)ccc1Cl)C1CCCN(Cc2c(F)cccc2Cl)C1. The maximum atomic E-state index is 14.0. The monoisotopic (exact) mass is 414 g/mol. The van der Waals surface area contributed by atoms with Gasteiger partial charge in [0.2, 0.25) is 5.91 Å². The van der Waals surface area contributed by atoms with Gasteiger partial charge in [0.15, 0.2) is 0 Å². The Balaban J connectivity index is 1.66. The first-order chi connectivity index (χ1) is 12.4. The number of rotatable bonds is 4. The third-order valence-electron chi connectivity index (χ3n) is 4.51. The largest absolute Gasteiger partial charge is 0.324 e. The Kier molecular flexibility index (Phi) is 6.41. The summed E-state index contributed by atoms with van der Waals surface area (Å²) in [6.07, 6.45) is 1.62. The lowest BCUT2D eigenvalue weighted by Crippen LogP contribution is -2.40. The van der Waals surface area contributed by atoms with E-state index in [1.165, 1.54) is 6.07 Å². The van der Waals surface area contributed by atoms with Crippen LogP contribution in [0.25, 0.3) is 0 Å². The standard InChI is InChI=1S/C19H18Cl3FN2O/c20-13-6-7-16(22)18(9-13)24-19(26)12-3-2-8-25(10-12)11-14-15(21)4-1-5-17(14)23/h1,4-7,9,12H,2-3,8,10-11H2,(H,24,26). The topological polar surface area (TPSA) is 32.3 Å². The summed E-state index contributed by atoms with van der Waals surface area (Å²) in [4.78, 5) is 14.7. The zero-order chi connectivity index (χ0) is 18.7. The highest BCUT2D eigenvalue weighted by atomic mass is 35.5. The van der Waals surface area contributed by atoms with Crippen molar-refractivity contribution in [3.05, 3.63) is 62.8 Å². The second-order valence-corrected chi connectivity index (χ2v) is 7.64. The first-order valence-corrected chi connectivity index (χ1v) is 9.48. The van der Waals surface area contributed by atoms with E-state index in [9.17, 15) is 9.18 Å². The van der Waals surface area contributed by atoms with Crippen molar-refractivity contribution in [2.45, 2.75) is 19.4 Å². The molecule has 0 spiro atoms. The van der Waals surface area contributed by atoms with Crippen molar-refractivity contribution >= 4 is 46.4 Å². The lowest BCUT2D eigenvalue weighted by Gasteiger charge is -2.32. The van der Waals surface area contributed by atoms with Crippen LogP contribution in [0.15, 0.2) is 36.4 Å². The fourth-order valence-corrected chi connectivity index (χ4v) is 3.71. The van der Waals surface area contributed by atoms with Gasteiger partial charge in [0.25, 0.3) is 0 Å². The van der Waals surface area contributed by atoms with Crippen LogP contribution in [0.2, 0.25) is 15.1 Å². The minimum atomic E-state index is -0.324. The number of anilines is 1. The van der Waals surface area contributed by atoms with Gasteiger partial charge in [-0.05, 0) is 49.7 Å². The molecule has 1 aliphatic rings. The summed E-state index contributed by atoms with van der Waals surface area (Å²) in [5.41, 5.74) is 0.964. The summed E-state index contributed by atoms with van der Waals surface area (Å²) in [6, 6.07) is 9.60. The van der Waals surface area contributed by atoms with Gasteiger partial charge in [-0.15, -0.1) is 0 Å². The Labute approximate surface area is 167 Å². The molecule has 0 saturated carbocycles. The summed E-state index contributed by atoms with van der Waals surface area (Å²) in [7, 11) is 0. The molecule has 138 valence electrons. The Morgan fingerprint density at radius 1 is 1.19 bits per heavy atom. The number of hydrogen-bond acceptors (Lipinski definition) is 2. The van der Waals surface area contributed by atoms with Crippen LogP contribution in [-0.4, -0.2) is 23.9 Å². The molecule has 1 atom stereocenters. The summed E-state index contributed by atoms with van der Waals surface area (Å²) in [5, 5.41) is 4.19. The average Bonchev–Trinajstić information content (AvgIpc) is 2.62. The van der Waals surface area contributed by atoms with Crippen LogP contribution in [-0.2, 0) is 11.3 Å². The van der Waals surface area contributed by atoms with Crippen molar-refractivity contribution in [3.63, 3.8) is 0 Å². The van der Waals surface area contributed by atoms with E-state index in [0.29, 0.717) is 39.4 Å². The lowest BCUT2D eigenvalue weighted by molar-refractivity contribution is -0.121. The van der Waals surface area contributed by atoms with Crippen molar-refractivity contribution in [1.29, 1.82) is 0 Å². The summed E-state index contributed by atoms with van der Waals surface area (Å²) in [6.45, 7) is 1.72. The van der Waals surface area contributed by atoms with Gasteiger partial charge in [0.05, 0.1) is 16.6 Å². The Bertz CT molecular complexity index is 795. The van der Waals surface area contributed by atoms with Gasteiger partial charge < -0.3 is 5.32 Å². The number of nitrogens with zero attached hydrogens (tertiary/aromatic N) is 1. The van der Waals surface area contributed by atoms with E-state index >= 15 is 0 Å². The molecule has 1 fully saturated rings. The predicted molar refractivity (Wildman–Crippen MR) is 105 cm³/mol. The highest BCUT2D eigenvalue weighted by molar-refractivity contribution is 6.35. The van der Waals surface area contributed by atoms with E-state index < -0.39 is 0 Å². The van der Waals surface area contributed by atoms with Gasteiger partial charge in [0.1, 0.15) is 5.82 Å². The molecule has 7 heteroatoms. The fraction of sp³-hybridized carbons (Fsp3) is 0.316. The normalized spacial score (nSPS) is 17.9. The van der Waals surface area contributed by atoms with Crippen molar-refractivity contribution in [1.82, 2.24) is 4.90 Å². The van der Waals surface area contributed by atoms with Gasteiger partial charge in [-0.1, -0.05) is 40.9 Å². The van der Waals surface area contributed by atoms with Crippen LogP contribution in [0.1, 0.15) is 18.4 Å². The lowest BCUT2D eigenvalue weighted by atomic mass is 9.96. The molecule has 1 N–H and O–H groups in total. The molecule has 2 aromatic rings. The summed E-state index contributed by atoms with van der Waals surface area (Å²) >= 11 is 18.2. The smallest absolute Gasteiger partial charge is 0.228 e. The molecule has 1 amide bonds. The maximum Gasteiger partial charge on any atom is 0.228 e. The van der Waals surface area contributed by atoms with Gasteiger partial charge in [-0.2, -0.15) is 0 Å². The Morgan fingerprint density at radius 2 is 2.00 bits per heavy atom. The fourth-order valence-electron chi connectivity index (χ4n) is 3.15. The quantitative estimate of drug-likeness (QED) is 0.701. The van der Waals surface area contributed by atoms with Crippen LogP contribution in [0.4, 0.5) is 10.1 Å². The van der Waals surface area contributed by atoms with Crippen LogP contribution in [0.5, 0.6) is 0 Å². The van der Waals surface area contributed by atoms with Crippen molar-refractivity contribution in [3.8, 4) is 0 Å². The number of benzene rings is 2. The van der Waals surface area contributed by atoms with E-state index in [4.69, 9.17) is 34.8 Å². The number of likely N-dealkylation sites (tertiary alicyclic amines) is 1. The minimum absolute atomic E-state index is 0.113. The molecule has 0 aliphatic carbocycles. The molecular weight excluding hydrogens is 398 g/mol. The second kappa shape index (κ2) is 8.57. The number of hydrogen-bond donors (Lipinski definition) is 1. The summed E-state index contributed by atoms with van der Waals surface area (Å²) < 4.78 is 14.0. The number of piperidine rings is 1. The number of halogens is 4. The molecule has 26 heavy (non-hydrogen) atoms. The Hall–Kier alpha value is -1.33. The number of carbonyl (C=O) groups is 1. The molecule has 1 unspecified atom stereocenters. The molecule has 2 aromatic carbocycles. The van der Waals surface area contributed by atoms with Crippen LogP contribution in [0, 0.1) is 11.7 Å². The van der Waals surface area contributed by atoms with E-state index in [1.807, 2.05) is 0 Å². The van der Waals surface area contributed by atoms with Gasteiger partial charge in [-0.3, -0.25) is 9.69 Å². The van der Waals surface area contributed by atoms with Crippen LogP contribution >= 0.6 is 34.8 Å². The van der Waals surface area contributed by atoms with Crippen LogP contribution in [0.3, 0.4) is 0 Å². The molecule has 0 radical (unpaired) electrons. The zero-order valence-electron chi connectivity index (χ0n) is 13.9. The zero-order valence-corrected chi connectivity index (χ0v) is 16.2. The van der Waals surface area contributed by atoms with Gasteiger partial charge in [-0.25, -0.2) is 4.39 Å². The van der Waals surface area contributed by atoms with Gasteiger partial charge >= 0.3 is 0 Å². The third-order valence-corrected chi connectivity index (χ3v) is 5.42. The first kappa shape index (κ1) is 19.4. The molecule has 3 rings (SSSR count). The molecule has 3 nitrogen and oxygen atoms in total.